The molecular formula is C37H24N4. The van der Waals surface area contributed by atoms with E-state index in [-0.39, 0.29) is 0 Å². The first-order valence-electron chi connectivity index (χ1n) is 13.7. The Morgan fingerprint density at radius 3 is 1.66 bits per heavy atom. The van der Waals surface area contributed by atoms with Gasteiger partial charge in [-0.15, -0.1) is 0 Å². The molecule has 0 saturated heterocycles. The van der Waals surface area contributed by atoms with Crippen LogP contribution in [0.5, 0.6) is 0 Å². The molecule has 0 radical (unpaired) electrons. The van der Waals surface area contributed by atoms with Crippen molar-refractivity contribution in [1.29, 1.82) is 0 Å². The molecule has 4 nitrogen and oxygen atoms in total. The molecule has 0 N–H and O–H groups in total. The quantitative estimate of drug-likeness (QED) is 0.231. The Hall–Kier alpha value is -5.61. The van der Waals surface area contributed by atoms with Gasteiger partial charge in [0.2, 0.25) is 0 Å². The number of nitrogens with zero attached hydrogens (tertiary/aromatic N) is 4. The van der Waals surface area contributed by atoms with Crippen molar-refractivity contribution in [2.45, 2.75) is 0 Å². The summed E-state index contributed by atoms with van der Waals surface area (Å²) >= 11 is 0. The van der Waals surface area contributed by atoms with E-state index in [2.05, 4.69) is 124 Å². The average Bonchev–Trinajstić information content (AvgIpc) is 3.44. The van der Waals surface area contributed by atoms with Crippen LogP contribution in [-0.2, 0) is 0 Å². The predicted molar refractivity (Wildman–Crippen MR) is 168 cm³/mol. The number of fused-ring (bicyclic) bond motifs is 3. The summed E-state index contributed by atoms with van der Waals surface area (Å²) in [4.78, 5) is 14.4. The number of hydrogen-bond acceptors (Lipinski definition) is 3. The lowest BCUT2D eigenvalue weighted by Gasteiger charge is -2.15. The van der Waals surface area contributed by atoms with Gasteiger partial charge in [0.1, 0.15) is 5.82 Å². The molecule has 0 aliphatic heterocycles. The molecule has 0 spiro atoms. The summed E-state index contributed by atoms with van der Waals surface area (Å²) in [5.74, 6) is 0.891. The monoisotopic (exact) mass is 524 g/mol. The molecule has 192 valence electrons. The SMILES string of the molecule is c1ccc(-n2c(-c3cc(-c4cncc5ccccc45)cc(-c4cncc5ccccc45)c3)nc3ccccc32)cc1. The number of imidazole rings is 1. The zero-order chi connectivity index (χ0) is 27.2. The average molecular weight is 525 g/mol. The van der Waals surface area contributed by atoms with Crippen molar-refractivity contribution in [2.75, 3.05) is 0 Å². The second kappa shape index (κ2) is 9.54. The molecule has 8 rings (SSSR count). The van der Waals surface area contributed by atoms with Gasteiger partial charge in [-0.1, -0.05) is 78.9 Å². The topological polar surface area (TPSA) is 43.6 Å². The van der Waals surface area contributed by atoms with Gasteiger partial charge in [0, 0.05) is 57.9 Å². The summed E-state index contributed by atoms with van der Waals surface area (Å²) in [5.41, 5.74) is 8.46. The van der Waals surface area contributed by atoms with Crippen LogP contribution in [0.25, 0.3) is 71.9 Å². The molecule has 0 saturated carbocycles. The first-order chi connectivity index (χ1) is 20.3. The van der Waals surface area contributed by atoms with Gasteiger partial charge in [0.05, 0.1) is 11.0 Å². The second-order valence-corrected chi connectivity index (χ2v) is 10.2. The maximum absolute atomic E-state index is 5.19. The number of aromatic nitrogens is 4. The maximum atomic E-state index is 5.19. The van der Waals surface area contributed by atoms with Gasteiger partial charge in [0.15, 0.2) is 0 Å². The van der Waals surface area contributed by atoms with Crippen LogP contribution in [0.3, 0.4) is 0 Å². The van der Waals surface area contributed by atoms with Crippen molar-refractivity contribution in [2.24, 2.45) is 0 Å². The van der Waals surface area contributed by atoms with Crippen molar-refractivity contribution in [1.82, 2.24) is 19.5 Å². The first-order valence-corrected chi connectivity index (χ1v) is 13.7. The van der Waals surface area contributed by atoms with E-state index in [0.29, 0.717) is 0 Å². The van der Waals surface area contributed by atoms with Crippen LogP contribution in [0.15, 0.2) is 146 Å². The van der Waals surface area contributed by atoms with Gasteiger partial charge in [0.25, 0.3) is 0 Å². The number of para-hydroxylation sites is 3. The normalized spacial score (nSPS) is 11.4. The summed E-state index contributed by atoms with van der Waals surface area (Å²) in [5, 5.41) is 4.55. The van der Waals surface area contributed by atoms with E-state index in [1.54, 1.807) is 0 Å². The minimum absolute atomic E-state index is 0.891. The molecule has 0 unspecified atom stereocenters. The van der Waals surface area contributed by atoms with Gasteiger partial charge in [-0.2, -0.15) is 0 Å². The summed E-state index contributed by atoms with van der Waals surface area (Å²) in [6, 6.07) is 42.3. The van der Waals surface area contributed by atoms with Gasteiger partial charge in [-0.05, 0) is 64.4 Å². The highest BCUT2D eigenvalue weighted by molar-refractivity contribution is 6.00. The molecule has 3 heterocycles. The van der Waals surface area contributed by atoms with E-state index in [0.717, 1.165) is 61.1 Å². The maximum Gasteiger partial charge on any atom is 0.145 e. The van der Waals surface area contributed by atoms with Crippen LogP contribution < -0.4 is 0 Å². The fraction of sp³-hybridized carbons (Fsp3) is 0. The van der Waals surface area contributed by atoms with Crippen molar-refractivity contribution in [3.05, 3.63) is 146 Å². The van der Waals surface area contributed by atoms with E-state index >= 15 is 0 Å². The van der Waals surface area contributed by atoms with Crippen molar-refractivity contribution in [3.8, 4) is 39.3 Å². The zero-order valence-electron chi connectivity index (χ0n) is 22.1. The van der Waals surface area contributed by atoms with Crippen molar-refractivity contribution < 1.29 is 0 Å². The van der Waals surface area contributed by atoms with Crippen LogP contribution in [0.1, 0.15) is 0 Å². The number of pyridine rings is 2. The molecule has 0 aliphatic carbocycles. The highest BCUT2D eigenvalue weighted by atomic mass is 15.1. The fourth-order valence-electron chi connectivity index (χ4n) is 5.82. The Kier molecular flexibility index (Phi) is 5.42. The lowest BCUT2D eigenvalue weighted by Crippen LogP contribution is -1.98. The highest BCUT2D eigenvalue weighted by Gasteiger charge is 2.18. The van der Waals surface area contributed by atoms with Gasteiger partial charge < -0.3 is 0 Å². The molecule has 0 bridgehead atoms. The van der Waals surface area contributed by atoms with Crippen LogP contribution in [0.4, 0.5) is 0 Å². The fourth-order valence-corrected chi connectivity index (χ4v) is 5.82. The Bertz CT molecular complexity index is 2110. The second-order valence-electron chi connectivity index (χ2n) is 10.2. The number of benzene rings is 5. The molecule has 0 fully saturated rings. The van der Waals surface area contributed by atoms with E-state index in [4.69, 9.17) is 4.98 Å². The highest BCUT2D eigenvalue weighted by Crippen LogP contribution is 2.38. The largest absolute Gasteiger partial charge is 0.292 e. The minimum Gasteiger partial charge on any atom is -0.292 e. The molecule has 4 heteroatoms. The van der Waals surface area contributed by atoms with Crippen LogP contribution in [-0.4, -0.2) is 19.5 Å². The van der Waals surface area contributed by atoms with Gasteiger partial charge in [-0.25, -0.2) is 4.98 Å². The summed E-state index contributed by atoms with van der Waals surface area (Å²) in [6.45, 7) is 0. The van der Waals surface area contributed by atoms with Crippen molar-refractivity contribution in [3.63, 3.8) is 0 Å². The Labute approximate surface area is 237 Å². The summed E-state index contributed by atoms with van der Waals surface area (Å²) in [7, 11) is 0. The standard InChI is InChI=1S/C37H24N4/c1-2-12-30(13-3-1)41-36-17-9-8-16-35(36)40-37(41)29-19-27(33-23-38-21-25-10-4-6-14-31(25)33)18-28(20-29)34-24-39-22-26-11-5-7-15-32(26)34/h1-24H. The zero-order valence-corrected chi connectivity index (χ0v) is 22.1. The van der Waals surface area contributed by atoms with E-state index in [1.807, 2.05) is 36.9 Å². The van der Waals surface area contributed by atoms with Crippen molar-refractivity contribution >= 4 is 32.6 Å². The molecule has 3 aromatic heterocycles. The molecule has 0 atom stereocenters. The molecular weight excluding hydrogens is 500 g/mol. The molecule has 0 aliphatic rings. The summed E-state index contributed by atoms with van der Waals surface area (Å²) < 4.78 is 2.25. The predicted octanol–water partition coefficient (Wildman–Crippen LogP) is 9.12. The van der Waals surface area contributed by atoms with Gasteiger partial charge >= 0.3 is 0 Å². The van der Waals surface area contributed by atoms with E-state index in [9.17, 15) is 0 Å². The van der Waals surface area contributed by atoms with E-state index in [1.165, 1.54) is 10.8 Å². The van der Waals surface area contributed by atoms with Crippen LogP contribution >= 0.6 is 0 Å². The molecule has 8 aromatic rings. The molecule has 0 amide bonds. The van der Waals surface area contributed by atoms with Gasteiger partial charge in [-0.3, -0.25) is 14.5 Å². The summed E-state index contributed by atoms with van der Waals surface area (Å²) in [6.07, 6.45) is 7.78. The van der Waals surface area contributed by atoms with Crippen LogP contribution in [0.2, 0.25) is 0 Å². The minimum atomic E-state index is 0.891. The number of hydrogen-bond donors (Lipinski definition) is 0. The Balaban J connectivity index is 1.46. The van der Waals surface area contributed by atoms with Crippen LogP contribution in [0, 0.1) is 0 Å². The Morgan fingerprint density at radius 1 is 0.463 bits per heavy atom. The first kappa shape index (κ1) is 23.3. The Morgan fingerprint density at radius 2 is 1.00 bits per heavy atom. The lowest BCUT2D eigenvalue weighted by atomic mass is 9.93. The molecule has 41 heavy (non-hydrogen) atoms. The third-order valence-electron chi connectivity index (χ3n) is 7.72. The van der Waals surface area contributed by atoms with E-state index < -0.39 is 0 Å². The third-order valence-corrected chi connectivity index (χ3v) is 7.72. The molecule has 5 aromatic carbocycles. The third kappa shape index (κ3) is 3.97. The lowest BCUT2D eigenvalue weighted by molar-refractivity contribution is 1.10. The smallest absolute Gasteiger partial charge is 0.145 e. The number of rotatable bonds is 4.